The summed E-state index contributed by atoms with van der Waals surface area (Å²) in [7, 11) is 7.85. The lowest BCUT2D eigenvalue weighted by atomic mass is 9.92. The van der Waals surface area contributed by atoms with Gasteiger partial charge >= 0.3 is 12.2 Å². The molecule has 3 aliphatic heterocycles. The van der Waals surface area contributed by atoms with Gasteiger partial charge in [0, 0.05) is 56.2 Å². The van der Waals surface area contributed by atoms with Gasteiger partial charge in [0.1, 0.15) is 36.1 Å². The Morgan fingerprint density at radius 3 is 2.46 bits per heavy atom. The van der Waals surface area contributed by atoms with Gasteiger partial charge in [-0.05, 0) is 78.4 Å². The summed E-state index contributed by atoms with van der Waals surface area (Å²) in [5, 5.41) is 4.71. The molecule has 3 aliphatic rings. The first-order chi connectivity index (χ1) is 32.3. The molecule has 5 heterocycles. The van der Waals surface area contributed by atoms with Gasteiger partial charge in [0.25, 0.3) is 5.91 Å². The molecule has 2 unspecified atom stereocenters. The molecule has 67 heavy (non-hydrogen) atoms. The second-order valence-electron chi connectivity index (χ2n) is 18.4. The summed E-state index contributed by atoms with van der Waals surface area (Å²) in [6, 6.07) is 21.6. The van der Waals surface area contributed by atoms with E-state index in [9.17, 15) is 19.2 Å². The maximum absolute atomic E-state index is 14.4. The van der Waals surface area contributed by atoms with Crippen LogP contribution in [-0.2, 0) is 37.5 Å². The second kappa shape index (κ2) is 18.4. The van der Waals surface area contributed by atoms with Crippen LogP contribution in [0.2, 0.25) is 0 Å². The molecule has 0 aliphatic carbocycles. The molecule has 16 heteroatoms. The van der Waals surface area contributed by atoms with Crippen LogP contribution in [0.5, 0.6) is 5.75 Å². The average Bonchev–Trinajstić information content (AvgIpc) is 4.14. The average molecular weight is 911 g/mol. The van der Waals surface area contributed by atoms with Crippen molar-refractivity contribution in [2.45, 2.75) is 76.8 Å². The Bertz CT molecular complexity index is 2860. The van der Waals surface area contributed by atoms with Crippen molar-refractivity contribution >= 4 is 45.8 Å². The summed E-state index contributed by atoms with van der Waals surface area (Å²) < 4.78 is 24.0. The Morgan fingerprint density at radius 1 is 0.940 bits per heavy atom. The Labute approximate surface area is 389 Å². The van der Waals surface area contributed by atoms with E-state index in [1.807, 2.05) is 84.8 Å². The van der Waals surface area contributed by atoms with Gasteiger partial charge in [-0.15, -0.1) is 0 Å². The first-order valence-electron chi connectivity index (χ1n) is 22.9. The maximum atomic E-state index is 14.4. The first-order valence-corrected chi connectivity index (χ1v) is 22.9. The molecule has 9 rings (SSSR count). The molecule has 2 saturated heterocycles. The normalized spacial score (nSPS) is 19.8. The van der Waals surface area contributed by atoms with E-state index in [1.54, 1.807) is 14.2 Å². The number of carbonyl (C=O) groups is 4. The fourth-order valence-electron chi connectivity index (χ4n) is 10.6. The Kier molecular flexibility index (Phi) is 12.4. The summed E-state index contributed by atoms with van der Waals surface area (Å²) in [5.74, 6) is 1.78. The number of aromatic nitrogens is 4. The quantitative estimate of drug-likeness (QED) is 0.129. The third-order valence-corrected chi connectivity index (χ3v) is 13.9. The number of amides is 4. The van der Waals surface area contributed by atoms with Crippen LogP contribution in [0, 0.1) is 11.8 Å². The van der Waals surface area contributed by atoms with Crippen molar-refractivity contribution in [3.63, 3.8) is 0 Å². The summed E-state index contributed by atoms with van der Waals surface area (Å²) >= 11 is 0. The van der Waals surface area contributed by atoms with E-state index in [4.69, 9.17) is 28.9 Å². The molecule has 6 aromatic rings. The molecule has 16 nitrogen and oxygen atoms in total. The van der Waals surface area contributed by atoms with E-state index in [-0.39, 0.29) is 41.8 Å². The number of likely N-dealkylation sites (N-methyl/N-ethyl adjacent to an activating group) is 1. The van der Waals surface area contributed by atoms with Crippen molar-refractivity contribution in [1.82, 2.24) is 39.5 Å². The monoisotopic (exact) mass is 910 g/mol. The molecule has 0 bridgehead atoms. The molecule has 6 atom stereocenters. The number of methoxy groups -OCH3 is 3. The zero-order valence-electron chi connectivity index (χ0n) is 39.2. The van der Waals surface area contributed by atoms with E-state index >= 15 is 0 Å². The van der Waals surface area contributed by atoms with Crippen LogP contribution >= 0.6 is 0 Å². The Morgan fingerprint density at radius 2 is 1.73 bits per heavy atom. The molecule has 0 saturated carbocycles. The molecule has 350 valence electrons. The minimum Gasteiger partial charge on any atom is -0.488 e. The predicted octanol–water partition coefficient (Wildman–Crippen LogP) is 8.08. The number of ether oxygens (including phenoxy) is 4. The highest BCUT2D eigenvalue weighted by molar-refractivity contribution is 6.07. The number of carbonyl (C=O) groups excluding carboxylic acids is 4. The maximum Gasteiger partial charge on any atom is 0.409 e. The van der Waals surface area contributed by atoms with Crippen LogP contribution in [0.15, 0.2) is 79.0 Å². The SMILES string of the molecule is COC[C@H]1CC(c2ncc(-c3ccc4c(c3)COc3cc5c(ccc6[nH]c([C@@H]7CC[C@H](C)N7C(=O)[C@H](C(C)C)N(C)C(=O)OC)nc65)cc3-4)n2C)N(C(=O)C(NC(=O)OC)c2ccccc2)C1. The highest BCUT2D eigenvalue weighted by Crippen LogP contribution is 2.45. The van der Waals surface area contributed by atoms with Gasteiger partial charge in [-0.25, -0.2) is 19.6 Å². The topological polar surface area (TPSA) is 173 Å². The largest absolute Gasteiger partial charge is 0.488 e. The van der Waals surface area contributed by atoms with Crippen LogP contribution in [0.3, 0.4) is 0 Å². The third kappa shape index (κ3) is 8.21. The highest BCUT2D eigenvalue weighted by atomic mass is 16.5. The molecule has 0 spiro atoms. The number of alkyl carbamates (subject to hydrolysis) is 1. The Hall–Kier alpha value is -6.94. The molecule has 4 amide bonds. The van der Waals surface area contributed by atoms with Crippen LogP contribution in [-0.4, -0.2) is 112 Å². The number of aromatic amines is 1. The van der Waals surface area contributed by atoms with Gasteiger partial charge in [-0.3, -0.25) is 14.5 Å². The molecule has 2 N–H and O–H groups in total. The van der Waals surface area contributed by atoms with E-state index in [0.29, 0.717) is 37.6 Å². The number of fused-ring (bicyclic) bond motifs is 6. The summed E-state index contributed by atoms with van der Waals surface area (Å²) in [6.07, 6.45) is 2.81. The fourth-order valence-corrected chi connectivity index (χ4v) is 10.6. The van der Waals surface area contributed by atoms with Gasteiger partial charge in [0.2, 0.25) is 5.91 Å². The van der Waals surface area contributed by atoms with Crippen molar-refractivity contribution in [2.75, 3.05) is 41.5 Å². The Balaban J connectivity index is 0.992. The summed E-state index contributed by atoms with van der Waals surface area (Å²) in [6.45, 7) is 7.21. The second-order valence-corrected chi connectivity index (χ2v) is 18.4. The number of benzene rings is 4. The lowest BCUT2D eigenvalue weighted by molar-refractivity contribution is -0.140. The van der Waals surface area contributed by atoms with Gasteiger partial charge in [-0.1, -0.05) is 62.4 Å². The number of rotatable bonds is 11. The molecular weight excluding hydrogens is 853 g/mol. The van der Waals surface area contributed by atoms with Crippen LogP contribution in [0.4, 0.5) is 9.59 Å². The number of hydrogen-bond donors (Lipinski definition) is 2. The number of nitrogens with one attached hydrogen (secondary N) is 2. The molecule has 4 aromatic carbocycles. The van der Waals surface area contributed by atoms with Crippen molar-refractivity contribution in [2.24, 2.45) is 18.9 Å². The van der Waals surface area contributed by atoms with Gasteiger partial charge in [-0.2, -0.15) is 0 Å². The van der Waals surface area contributed by atoms with E-state index in [0.717, 1.165) is 74.2 Å². The number of nitrogens with zero attached hydrogens (tertiary/aromatic N) is 6. The molecule has 0 radical (unpaired) electrons. The van der Waals surface area contributed by atoms with E-state index in [2.05, 4.69) is 46.7 Å². The third-order valence-electron chi connectivity index (χ3n) is 13.9. The van der Waals surface area contributed by atoms with Crippen molar-refractivity contribution in [3.8, 4) is 28.1 Å². The zero-order valence-corrected chi connectivity index (χ0v) is 39.2. The van der Waals surface area contributed by atoms with Crippen LogP contribution in [0.25, 0.3) is 44.2 Å². The predicted molar refractivity (Wildman–Crippen MR) is 252 cm³/mol. The standard InChI is InChI=1S/C51H58N8O8/c1-28(2)45(57(5)51(63)66-8)49(61)59-29(3)14-19-39(59)46-53-38-18-16-32-22-37-35-17-15-33(21-34(35)27-67-42(37)23-36(32)44(38)54-46)41-24-52-47(56(41)4)40-20-30(26-64-6)25-58(40)48(60)43(55-50(62)65-7)31-12-10-9-11-13-31/h9-13,15-18,21-24,28-30,39-40,43,45H,14,19-20,25-27H2,1-8H3,(H,53,54)(H,55,62)/t29-,30-,39-,40?,43?,45-/m0/s1. The lowest BCUT2D eigenvalue weighted by Gasteiger charge is -2.36. The number of likely N-dealkylation sites (tertiary alicyclic amines) is 2. The zero-order chi connectivity index (χ0) is 47.3. The van der Waals surface area contributed by atoms with Crippen molar-refractivity contribution in [3.05, 3.63) is 102 Å². The van der Waals surface area contributed by atoms with Crippen LogP contribution in [0.1, 0.15) is 80.9 Å². The van der Waals surface area contributed by atoms with E-state index in [1.165, 1.54) is 19.1 Å². The lowest BCUT2D eigenvalue weighted by Crippen LogP contribution is -2.53. The number of imidazole rings is 2. The van der Waals surface area contributed by atoms with Gasteiger partial charge < -0.3 is 43.6 Å². The molecular formula is C51H58N8O8. The molecule has 2 aromatic heterocycles. The van der Waals surface area contributed by atoms with E-state index < -0.39 is 24.3 Å². The van der Waals surface area contributed by atoms with Crippen molar-refractivity contribution in [1.29, 1.82) is 0 Å². The smallest absolute Gasteiger partial charge is 0.409 e. The van der Waals surface area contributed by atoms with Crippen molar-refractivity contribution < 1.29 is 38.1 Å². The molecule has 2 fully saturated rings. The number of H-pyrrole nitrogens is 1. The fraction of sp³-hybridized carbons (Fsp3) is 0.412. The van der Waals surface area contributed by atoms with Crippen LogP contribution < -0.4 is 10.1 Å². The minimum absolute atomic E-state index is 0.0330. The first kappa shape index (κ1) is 45.2. The van der Waals surface area contributed by atoms with Gasteiger partial charge in [0.05, 0.1) is 55.8 Å². The summed E-state index contributed by atoms with van der Waals surface area (Å²) in [4.78, 5) is 72.5. The summed E-state index contributed by atoms with van der Waals surface area (Å²) in [5.41, 5.74) is 7.26. The minimum atomic E-state index is -0.948. The van der Waals surface area contributed by atoms with Gasteiger partial charge in [0.15, 0.2) is 0 Å². The number of hydrogen-bond acceptors (Lipinski definition) is 10. The highest BCUT2D eigenvalue weighted by Gasteiger charge is 2.44.